The quantitative estimate of drug-likeness (QED) is 0.543. The van der Waals surface area contributed by atoms with E-state index in [1.807, 2.05) is 6.92 Å². The third-order valence-electron chi connectivity index (χ3n) is 4.51. The van der Waals surface area contributed by atoms with Crippen molar-refractivity contribution in [3.8, 4) is 0 Å². The van der Waals surface area contributed by atoms with Crippen LogP contribution in [0.2, 0.25) is 0 Å². The summed E-state index contributed by atoms with van der Waals surface area (Å²) < 4.78 is 32.4. The lowest BCUT2D eigenvalue weighted by atomic mass is 10.2. The maximum absolute atomic E-state index is 12.4. The lowest BCUT2D eigenvalue weighted by Gasteiger charge is -2.03. The molecule has 0 fully saturated rings. The predicted molar refractivity (Wildman–Crippen MR) is 115 cm³/mol. The predicted octanol–water partition coefficient (Wildman–Crippen LogP) is 3.02. The Bertz CT molecular complexity index is 1270. The molecule has 0 aliphatic heterocycles. The fraction of sp³-hybridized carbons (Fsp3) is 0.286. The second kappa shape index (κ2) is 8.93. The molecule has 1 aromatic heterocycles. The van der Waals surface area contributed by atoms with Gasteiger partial charge >= 0.3 is 5.97 Å². The van der Waals surface area contributed by atoms with Crippen molar-refractivity contribution in [3.63, 3.8) is 0 Å². The molecule has 158 valence electrons. The van der Waals surface area contributed by atoms with Crippen molar-refractivity contribution in [1.29, 1.82) is 0 Å². The molecule has 30 heavy (non-hydrogen) atoms. The zero-order chi connectivity index (χ0) is 21.9. The standard InChI is InChI=1S/C21H22N2O5S2/c1-4-28-20(25)15-7-10-17-18(13-15)29-21(23(17)3)22-19(24)11-12-30(26,27)16-8-5-14(2)6-9-16/h5-10,13H,4,11-12H2,1-3H3. The Balaban J connectivity index is 1.80. The molecule has 0 saturated heterocycles. The van der Waals surface area contributed by atoms with Gasteiger partial charge in [-0.1, -0.05) is 29.0 Å². The van der Waals surface area contributed by atoms with Crippen LogP contribution in [0.15, 0.2) is 52.4 Å². The Kier molecular flexibility index (Phi) is 6.52. The monoisotopic (exact) mass is 446 g/mol. The molecule has 0 bridgehead atoms. The van der Waals surface area contributed by atoms with Gasteiger partial charge in [-0.25, -0.2) is 13.2 Å². The van der Waals surface area contributed by atoms with Crippen LogP contribution >= 0.6 is 11.3 Å². The van der Waals surface area contributed by atoms with E-state index in [0.29, 0.717) is 10.4 Å². The van der Waals surface area contributed by atoms with Gasteiger partial charge in [0.25, 0.3) is 0 Å². The summed E-state index contributed by atoms with van der Waals surface area (Å²) in [6.45, 7) is 3.90. The van der Waals surface area contributed by atoms with Crippen LogP contribution in [-0.4, -0.2) is 37.2 Å². The Hall–Kier alpha value is -2.78. The molecule has 0 saturated carbocycles. The lowest BCUT2D eigenvalue weighted by molar-refractivity contribution is -0.117. The first kappa shape index (κ1) is 21.9. The van der Waals surface area contributed by atoms with Crippen LogP contribution in [0.3, 0.4) is 0 Å². The van der Waals surface area contributed by atoms with Crippen LogP contribution in [-0.2, 0) is 26.4 Å². The van der Waals surface area contributed by atoms with E-state index in [4.69, 9.17) is 4.74 Å². The van der Waals surface area contributed by atoms with Crippen LogP contribution < -0.4 is 4.80 Å². The van der Waals surface area contributed by atoms with Gasteiger partial charge < -0.3 is 9.30 Å². The van der Waals surface area contributed by atoms with E-state index < -0.39 is 21.7 Å². The molecule has 1 heterocycles. The largest absolute Gasteiger partial charge is 0.462 e. The van der Waals surface area contributed by atoms with Crippen LogP contribution in [0.4, 0.5) is 0 Å². The van der Waals surface area contributed by atoms with E-state index in [1.165, 1.54) is 11.3 Å². The summed E-state index contributed by atoms with van der Waals surface area (Å²) in [5, 5.41) is 0. The van der Waals surface area contributed by atoms with Crippen molar-refractivity contribution in [2.45, 2.75) is 25.2 Å². The third-order valence-corrected chi connectivity index (χ3v) is 7.33. The molecule has 1 amide bonds. The average Bonchev–Trinajstić information content (AvgIpc) is 3.02. The minimum atomic E-state index is -3.56. The molecule has 0 N–H and O–H groups in total. The van der Waals surface area contributed by atoms with E-state index in [1.54, 1.807) is 61.0 Å². The molecule has 0 unspecified atom stereocenters. The number of rotatable bonds is 6. The number of carbonyl (C=O) groups is 2. The summed E-state index contributed by atoms with van der Waals surface area (Å²) in [4.78, 5) is 28.9. The Morgan fingerprint density at radius 3 is 2.50 bits per heavy atom. The molecule has 3 rings (SSSR count). The zero-order valence-electron chi connectivity index (χ0n) is 16.9. The van der Waals surface area contributed by atoms with Crippen molar-refractivity contribution >= 4 is 43.3 Å². The van der Waals surface area contributed by atoms with Gasteiger partial charge in [-0.3, -0.25) is 4.79 Å². The van der Waals surface area contributed by atoms with Gasteiger partial charge in [0.1, 0.15) is 0 Å². The van der Waals surface area contributed by atoms with E-state index in [-0.39, 0.29) is 23.7 Å². The summed E-state index contributed by atoms with van der Waals surface area (Å²) in [5.74, 6) is -1.23. The van der Waals surface area contributed by atoms with Gasteiger partial charge in [-0.2, -0.15) is 4.99 Å². The Morgan fingerprint density at radius 1 is 1.13 bits per heavy atom. The van der Waals surface area contributed by atoms with E-state index in [9.17, 15) is 18.0 Å². The maximum Gasteiger partial charge on any atom is 0.338 e. The minimum Gasteiger partial charge on any atom is -0.462 e. The lowest BCUT2D eigenvalue weighted by Crippen LogP contribution is -2.16. The molecule has 0 spiro atoms. The third kappa shape index (κ3) is 4.85. The number of carbonyl (C=O) groups excluding carboxylic acids is 2. The number of benzene rings is 2. The number of thiazole rings is 1. The summed E-state index contributed by atoms with van der Waals surface area (Å²) in [5.41, 5.74) is 2.20. The molecule has 9 heteroatoms. The summed E-state index contributed by atoms with van der Waals surface area (Å²) in [6, 6.07) is 11.7. The fourth-order valence-electron chi connectivity index (χ4n) is 2.83. The minimum absolute atomic E-state index is 0.194. The highest BCUT2D eigenvalue weighted by Crippen LogP contribution is 2.19. The molecule has 7 nitrogen and oxygen atoms in total. The maximum atomic E-state index is 12.4. The molecular weight excluding hydrogens is 424 g/mol. The van der Waals surface area contributed by atoms with Gasteiger partial charge in [0.15, 0.2) is 14.6 Å². The van der Waals surface area contributed by atoms with Crippen molar-refractivity contribution in [1.82, 2.24) is 4.57 Å². The van der Waals surface area contributed by atoms with Gasteiger partial charge in [-0.15, -0.1) is 0 Å². The van der Waals surface area contributed by atoms with Gasteiger partial charge in [0.05, 0.1) is 33.0 Å². The Labute approximate surface area is 178 Å². The molecular formula is C21H22N2O5S2. The average molecular weight is 447 g/mol. The fourth-order valence-corrected chi connectivity index (χ4v) is 5.13. The number of fused-ring (bicyclic) bond motifs is 1. The topological polar surface area (TPSA) is 94.8 Å². The molecule has 0 aliphatic carbocycles. The highest BCUT2D eigenvalue weighted by molar-refractivity contribution is 7.91. The second-order valence-corrected chi connectivity index (χ2v) is 9.85. The number of hydrogen-bond acceptors (Lipinski definition) is 6. The normalized spacial score (nSPS) is 12.3. The van der Waals surface area contributed by atoms with Gasteiger partial charge in [0.2, 0.25) is 5.91 Å². The number of sulfone groups is 1. The number of amides is 1. The SMILES string of the molecule is CCOC(=O)c1ccc2c(c1)sc(=NC(=O)CCS(=O)(=O)c1ccc(C)cc1)n2C. The molecule has 0 aliphatic rings. The van der Waals surface area contributed by atoms with E-state index in [0.717, 1.165) is 15.8 Å². The first-order chi connectivity index (χ1) is 14.2. The summed E-state index contributed by atoms with van der Waals surface area (Å²) >= 11 is 1.25. The number of aryl methyl sites for hydroxylation is 2. The van der Waals surface area contributed by atoms with Crippen LogP contribution in [0.25, 0.3) is 10.2 Å². The van der Waals surface area contributed by atoms with Crippen LogP contribution in [0.1, 0.15) is 29.3 Å². The molecule has 3 aromatic rings. The van der Waals surface area contributed by atoms with E-state index >= 15 is 0 Å². The first-order valence-electron chi connectivity index (χ1n) is 9.35. The van der Waals surface area contributed by atoms with Crippen LogP contribution in [0, 0.1) is 6.92 Å². The Morgan fingerprint density at radius 2 is 1.83 bits per heavy atom. The second-order valence-electron chi connectivity index (χ2n) is 6.73. The zero-order valence-corrected chi connectivity index (χ0v) is 18.5. The van der Waals surface area contributed by atoms with Crippen LogP contribution in [0.5, 0.6) is 0 Å². The van der Waals surface area contributed by atoms with Crippen molar-refractivity contribution < 1.29 is 22.7 Å². The van der Waals surface area contributed by atoms with E-state index in [2.05, 4.69) is 4.99 Å². The smallest absolute Gasteiger partial charge is 0.338 e. The van der Waals surface area contributed by atoms with Gasteiger partial charge in [-0.05, 0) is 44.2 Å². The van der Waals surface area contributed by atoms with Crippen molar-refractivity contribution in [2.75, 3.05) is 12.4 Å². The highest BCUT2D eigenvalue weighted by atomic mass is 32.2. The van der Waals surface area contributed by atoms with Crippen molar-refractivity contribution in [2.24, 2.45) is 12.0 Å². The summed E-state index contributed by atoms with van der Waals surface area (Å²) in [7, 11) is -1.79. The molecule has 0 atom stereocenters. The number of aromatic nitrogens is 1. The van der Waals surface area contributed by atoms with Crippen molar-refractivity contribution in [3.05, 3.63) is 58.4 Å². The molecule has 0 radical (unpaired) electrons. The van der Waals surface area contributed by atoms with Gasteiger partial charge in [0, 0.05) is 13.5 Å². The number of esters is 1. The first-order valence-corrected chi connectivity index (χ1v) is 11.8. The number of ether oxygens (including phenoxy) is 1. The highest BCUT2D eigenvalue weighted by Gasteiger charge is 2.16. The summed E-state index contributed by atoms with van der Waals surface area (Å²) in [6.07, 6.45) is -0.210. The molecule has 2 aromatic carbocycles. The number of hydrogen-bond donors (Lipinski definition) is 0. The number of nitrogens with zero attached hydrogens (tertiary/aromatic N) is 2.